The third-order valence-electron chi connectivity index (χ3n) is 2.79. The first-order valence-electron chi connectivity index (χ1n) is 6.42. The summed E-state index contributed by atoms with van der Waals surface area (Å²) in [5.74, 6) is -1.39. The number of carbonyl (C=O) groups excluding carboxylic acids is 2. The molecule has 6 nitrogen and oxygen atoms in total. The molecule has 7 heteroatoms. The van der Waals surface area contributed by atoms with Crippen LogP contribution in [0.2, 0.25) is 5.15 Å². The van der Waals surface area contributed by atoms with E-state index in [4.69, 9.17) is 17.3 Å². The average Bonchev–Trinajstić information content (AvgIpc) is 2.79. The normalized spacial score (nSPS) is 10.8. The van der Waals surface area contributed by atoms with Crippen molar-refractivity contribution in [2.75, 3.05) is 6.61 Å². The van der Waals surface area contributed by atoms with E-state index in [0.29, 0.717) is 16.4 Å². The van der Waals surface area contributed by atoms with Crippen molar-refractivity contribution in [3.8, 4) is 5.69 Å². The molecule has 1 heterocycles. The van der Waals surface area contributed by atoms with Crippen LogP contribution in [0.1, 0.15) is 11.3 Å². The van der Waals surface area contributed by atoms with E-state index in [-0.39, 0.29) is 0 Å². The van der Waals surface area contributed by atoms with E-state index >= 15 is 0 Å². The Kier molecular flexibility index (Phi) is 4.95. The maximum absolute atomic E-state index is 11.4. The Morgan fingerprint density at radius 1 is 1.36 bits per heavy atom. The first kappa shape index (κ1) is 15.8. The molecule has 1 aromatic heterocycles. The van der Waals surface area contributed by atoms with E-state index in [2.05, 4.69) is 9.84 Å². The lowest BCUT2D eigenvalue weighted by molar-refractivity contribution is -0.142. The van der Waals surface area contributed by atoms with Gasteiger partial charge in [0.2, 0.25) is 0 Å². The van der Waals surface area contributed by atoms with Crippen LogP contribution in [0, 0.1) is 6.92 Å². The molecule has 0 aliphatic rings. The summed E-state index contributed by atoms with van der Waals surface area (Å²) in [6, 6.07) is 9.38. The number of aryl methyl sites for hydroxylation is 1. The molecule has 22 heavy (non-hydrogen) atoms. The molecule has 1 aromatic carbocycles. The van der Waals surface area contributed by atoms with Gasteiger partial charge in [-0.05, 0) is 25.1 Å². The molecule has 0 fully saturated rings. The van der Waals surface area contributed by atoms with E-state index in [1.165, 1.54) is 12.2 Å². The molecule has 0 bridgehead atoms. The molecular formula is C15H14ClN3O3. The molecule has 2 rings (SSSR count). The lowest BCUT2D eigenvalue weighted by atomic mass is 10.2. The lowest BCUT2D eigenvalue weighted by Gasteiger charge is -2.02. The largest absolute Gasteiger partial charge is 0.452 e. The van der Waals surface area contributed by atoms with Crippen molar-refractivity contribution in [2.24, 2.45) is 5.73 Å². The number of ether oxygens (including phenoxy) is 1. The second-order valence-corrected chi connectivity index (χ2v) is 4.80. The van der Waals surface area contributed by atoms with Crippen molar-refractivity contribution in [2.45, 2.75) is 6.92 Å². The van der Waals surface area contributed by atoms with Gasteiger partial charge in [0.1, 0.15) is 5.15 Å². The third-order valence-corrected chi connectivity index (χ3v) is 3.16. The molecule has 2 N–H and O–H groups in total. The van der Waals surface area contributed by atoms with Gasteiger partial charge in [0, 0.05) is 11.6 Å². The molecule has 1 amide bonds. The van der Waals surface area contributed by atoms with Gasteiger partial charge in [0.25, 0.3) is 5.91 Å². The Hall–Kier alpha value is -2.60. The Balaban J connectivity index is 2.21. The third kappa shape index (κ3) is 3.73. The number of rotatable bonds is 5. The minimum absolute atomic E-state index is 0.377. The predicted octanol–water partition coefficient (Wildman–Crippen LogP) is 1.88. The summed E-state index contributed by atoms with van der Waals surface area (Å²) >= 11 is 6.30. The molecule has 114 valence electrons. The highest BCUT2D eigenvalue weighted by Gasteiger charge is 2.12. The van der Waals surface area contributed by atoms with E-state index < -0.39 is 18.5 Å². The highest BCUT2D eigenvalue weighted by molar-refractivity contribution is 6.31. The van der Waals surface area contributed by atoms with Crippen molar-refractivity contribution in [1.82, 2.24) is 9.78 Å². The van der Waals surface area contributed by atoms with Crippen LogP contribution in [0.25, 0.3) is 11.8 Å². The van der Waals surface area contributed by atoms with Gasteiger partial charge in [-0.3, -0.25) is 4.79 Å². The average molecular weight is 320 g/mol. The van der Waals surface area contributed by atoms with Gasteiger partial charge in [-0.15, -0.1) is 0 Å². The number of primary amides is 1. The minimum atomic E-state index is -0.715. The van der Waals surface area contributed by atoms with E-state index in [0.717, 1.165) is 5.69 Å². The summed E-state index contributed by atoms with van der Waals surface area (Å²) in [6.07, 6.45) is 2.67. The summed E-state index contributed by atoms with van der Waals surface area (Å²) in [6.45, 7) is 1.32. The molecule has 0 atom stereocenters. The van der Waals surface area contributed by atoms with Gasteiger partial charge in [0.15, 0.2) is 6.61 Å². The summed E-state index contributed by atoms with van der Waals surface area (Å²) in [4.78, 5) is 22.0. The summed E-state index contributed by atoms with van der Waals surface area (Å²) in [5, 5.41) is 4.72. The summed E-state index contributed by atoms with van der Waals surface area (Å²) in [7, 11) is 0. The van der Waals surface area contributed by atoms with E-state index in [1.807, 2.05) is 30.3 Å². The number of amides is 1. The van der Waals surface area contributed by atoms with Crippen LogP contribution in [0.4, 0.5) is 0 Å². The van der Waals surface area contributed by atoms with Gasteiger partial charge in [-0.2, -0.15) is 5.10 Å². The molecule has 0 aliphatic heterocycles. The second-order valence-electron chi connectivity index (χ2n) is 4.44. The highest BCUT2D eigenvalue weighted by Crippen LogP contribution is 2.24. The number of hydrogen-bond acceptors (Lipinski definition) is 4. The maximum Gasteiger partial charge on any atom is 0.331 e. The number of nitrogens with two attached hydrogens (primary N) is 1. The van der Waals surface area contributed by atoms with Gasteiger partial charge in [-0.1, -0.05) is 29.8 Å². The molecule has 0 spiro atoms. The highest BCUT2D eigenvalue weighted by atomic mass is 35.5. The summed E-state index contributed by atoms with van der Waals surface area (Å²) in [5.41, 5.74) is 6.96. The first-order chi connectivity index (χ1) is 10.5. The number of halogens is 1. The van der Waals surface area contributed by atoms with Crippen molar-refractivity contribution < 1.29 is 14.3 Å². The Morgan fingerprint density at radius 3 is 2.68 bits per heavy atom. The number of hydrogen-bond donors (Lipinski definition) is 1. The van der Waals surface area contributed by atoms with Crippen LogP contribution in [-0.2, 0) is 14.3 Å². The van der Waals surface area contributed by atoms with Crippen LogP contribution in [0.5, 0.6) is 0 Å². The topological polar surface area (TPSA) is 87.2 Å². The number of carbonyl (C=O) groups is 2. The number of para-hydroxylation sites is 1. The van der Waals surface area contributed by atoms with Crippen LogP contribution >= 0.6 is 11.6 Å². The zero-order valence-electron chi connectivity index (χ0n) is 11.8. The molecule has 2 aromatic rings. The second kappa shape index (κ2) is 6.91. The predicted molar refractivity (Wildman–Crippen MR) is 82.5 cm³/mol. The smallest absolute Gasteiger partial charge is 0.331 e. The molecule has 0 aliphatic carbocycles. The maximum atomic E-state index is 11.4. The van der Waals surface area contributed by atoms with Gasteiger partial charge >= 0.3 is 5.97 Å². The zero-order valence-corrected chi connectivity index (χ0v) is 12.6. The van der Waals surface area contributed by atoms with E-state index in [1.54, 1.807) is 11.6 Å². The van der Waals surface area contributed by atoms with Crippen LogP contribution in [-0.4, -0.2) is 28.3 Å². The van der Waals surface area contributed by atoms with Crippen LogP contribution in [0.3, 0.4) is 0 Å². The molecule has 0 saturated carbocycles. The van der Waals surface area contributed by atoms with Crippen molar-refractivity contribution in [3.63, 3.8) is 0 Å². The van der Waals surface area contributed by atoms with Crippen molar-refractivity contribution in [1.29, 1.82) is 0 Å². The van der Waals surface area contributed by atoms with Gasteiger partial charge in [-0.25, -0.2) is 9.48 Å². The molecule has 0 unspecified atom stereocenters. The summed E-state index contributed by atoms with van der Waals surface area (Å²) < 4.78 is 6.20. The number of esters is 1. The van der Waals surface area contributed by atoms with Crippen molar-refractivity contribution in [3.05, 3.63) is 52.8 Å². The fourth-order valence-corrected chi connectivity index (χ4v) is 2.12. The van der Waals surface area contributed by atoms with Gasteiger partial charge in [0.05, 0.1) is 11.4 Å². The van der Waals surface area contributed by atoms with Crippen LogP contribution in [0.15, 0.2) is 36.4 Å². The van der Waals surface area contributed by atoms with Crippen molar-refractivity contribution >= 4 is 29.6 Å². The Labute approximate surface area is 132 Å². The number of aromatic nitrogens is 2. The monoisotopic (exact) mass is 319 g/mol. The lowest BCUT2D eigenvalue weighted by Crippen LogP contribution is -2.19. The fraction of sp³-hybridized carbons (Fsp3) is 0.133. The van der Waals surface area contributed by atoms with Gasteiger partial charge < -0.3 is 10.5 Å². The first-order valence-corrected chi connectivity index (χ1v) is 6.80. The van der Waals surface area contributed by atoms with Crippen LogP contribution < -0.4 is 5.73 Å². The molecule has 0 radical (unpaired) electrons. The number of nitrogens with zero attached hydrogens (tertiary/aromatic N) is 2. The number of benzene rings is 1. The Bertz CT molecular complexity index is 723. The van der Waals surface area contributed by atoms with E-state index in [9.17, 15) is 9.59 Å². The standard InChI is InChI=1S/C15H14ClN3O3/c1-10-12(7-8-14(21)22-9-13(17)20)15(16)19(18-10)11-5-3-2-4-6-11/h2-8H,9H2,1H3,(H2,17,20)/b8-7+. The quantitative estimate of drug-likeness (QED) is 0.673. The molecular weight excluding hydrogens is 306 g/mol. The fourth-order valence-electron chi connectivity index (χ4n) is 1.78. The zero-order chi connectivity index (χ0) is 16.1. The SMILES string of the molecule is Cc1nn(-c2ccccc2)c(Cl)c1/C=C/C(=O)OCC(N)=O. The molecule has 0 saturated heterocycles. The Morgan fingerprint density at radius 2 is 2.05 bits per heavy atom. The minimum Gasteiger partial charge on any atom is -0.452 e.